The maximum absolute atomic E-state index is 5.98. The van der Waals surface area contributed by atoms with Gasteiger partial charge in [-0.1, -0.05) is 17.7 Å². The first-order valence-electron chi connectivity index (χ1n) is 6.65. The van der Waals surface area contributed by atoms with E-state index >= 15 is 0 Å². The molecule has 1 aliphatic rings. The van der Waals surface area contributed by atoms with Gasteiger partial charge in [-0.25, -0.2) is 0 Å². The number of rotatable bonds is 3. The number of hydrogen-bond donors (Lipinski definition) is 2. The largest absolute Gasteiger partial charge is 0.455 e. The zero-order chi connectivity index (χ0) is 13.8. The summed E-state index contributed by atoms with van der Waals surface area (Å²) in [7, 11) is 0. The fraction of sp³-hybridized carbons (Fsp3) is 0.267. The van der Waals surface area contributed by atoms with Crippen LogP contribution >= 0.6 is 11.6 Å². The van der Waals surface area contributed by atoms with Gasteiger partial charge in [0.25, 0.3) is 0 Å². The van der Waals surface area contributed by atoms with Crippen LogP contribution < -0.4 is 15.4 Å². The predicted molar refractivity (Wildman–Crippen MR) is 79.4 cm³/mol. The van der Waals surface area contributed by atoms with Crippen LogP contribution in [0.2, 0.25) is 5.02 Å². The van der Waals surface area contributed by atoms with Gasteiger partial charge in [-0.15, -0.1) is 0 Å². The number of nitrogens with one attached hydrogen (secondary N) is 2. The molecule has 1 fully saturated rings. The summed E-state index contributed by atoms with van der Waals surface area (Å²) in [6, 6.07) is 11.3. The molecule has 2 aromatic rings. The van der Waals surface area contributed by atoms with E-state index in [0.29, 0.717) is 5.02 Å². The molecule has 3 rings (SSSR count). The van der Waals surface area contributed by atoms with Crippen molar-refractivity contribution in [3.63, 3.8) is 0 Å². The SMILES string of the molecule is Clc1cccc(Oc2cccnc2C2CNCCN2)c1. The highest BCUT2D eigenvalue weighted by Crippen LogP contribution is 2.29. The molecule has 1 saturated heterocycles. The van der Waals surface area contributed by atoms with Gasteiger partial charge in [-0.2, -0.15) is 0 Å². The van der Waals surface area contributed by atoms with Crippen molar-refractivity contribution in [3.05, 3.63) is 53.3 Å². The molecule has 5 heteroatoms. The van der Waals surface area contributed by atoms with Crippen molar-refractivity contribution >= 4 is 11.6 Å². The topological polar surface area (TPSA) is 46.2 Å². The Morgan fingerprint density at radius 3 is 2.95 bits per heavy atom. The molecule has 1 aromatic heterocycles. The van der Waals surface area contributed by atoms with E-state index in [2.05, 4.69) is 15.6 Å². The molecule has 2 N–H and O–H groups in total. The Morgan fingerprint density at radius 2 is 2.15 bits per heavy atom. The molecular formula is C15H16ClN3O. The third-order valence-corrected chi connectivity index (χ3v) is 3.43. The quantitative estimate of drug-likeness (QED) is 0.912. The molecule has 4 nitrogen and oxygen atoms in total. The first-order chi connectivity index (χ1) is 9.83. The lowest BCUT2D eigenvalue weighted by Crippen LogP contribution is -2.43. The summed E-state index contributed by atoms with van der Waals surface area (Å²) in [6.07, 6.45) is 1.79. The van der Waals surface area contributed by atoms with Gasteiger partial charge in [0.05, 0.1) is 6.04 Å². The first kappa shape index (κ1) is 13.4. The fourth-order valence-electron chi connectivity index (χ4n) is 2.25. The minimum atomic E-state index is 0.166. The van der Waals surface area contributed by atoms with Crippen LogP contribution in [-0.2, 0) is 0 Å². The van der Waals surface area contributed by atoms with Crippen LogP contribution in [-0.4, -0.2) is 24.6 Å². The molecule has 1 aliphatic heterocycles. The van der Waals surface area contributed by atoms with E-state index in [1.807, 2.05) is 30.3 Å². The summed E-state index contributed by atoms with van der Waals surface area (Å²) >= 11 is 5.98. The van der Waals surface area contributed by atoms with Crippen LogP contribution in [0.15, 0.2) is 42.6 Å². The third kappa shape index (κ3) is 3.10. The second-order valence-corrected chi connectivity index (χ2v) is 5.09. The van der Waals surface area contributed by atoms with Gasteiger partial charge in [0, 0.05) is 30.9 Å². The average molecular weight is 290 g/mol. The summed E-state index contributed by atoms with van der Waals surface area (Å²) in [6.45, 7) is 2.76. The van der Waals surface area contributed by atoms with Crippen molar-refractivity contribution in [1.82, 2.24) is 15.6 Å². The summed E-state index contributed by atoms with van der Waals surface area (Å²) in [4.78, 5) is 4.46. The highest BCUT2D eigenvalue weighted by atomic mass is 35.5. The molecule has 20 heavy (non-hydrogen) atoms. The molecule has 104 valence electrons. The number of aromatic nitrogens is 1. The molecule has 1 unspecified atom stereocenters. The van der Waals surface area contributed by atoms with E-state index < -0.39 is 0 Å². The van der Waals surface area contributed by atoms with Crippen molar-refractivity contribution < 1.29 is 4.74 Å². The standard InChI is InChI=1S/C15H16ClN3O/c16-11-3-1-4-12(9-11)20-14-5-2-6-19-15(14)13-10-17-7-8-18-13/h1-6,9,13,17-18H,7-8,10H2. The van der Waals surface area contributed by atoms with Crippen LogP contribution in [0.5, 0.6) is 11.5 Å². The Hall–Kier alpha value is -1.62. The smallest absolute Gasteiger partial charge is 0.150 e. The minimum Gasteiger partial charge on any atom is -0.455 e. The van der Waals surface area contributed by atoms with Crippen LogP contribution in [0.3, 0.4) is 0 Å². The predicted octanol–water partition coefficient (Wildman–Crippen LogP) is 2.76. The molecule has 0 saturated carbocycles. The Balaban J connectivity index is 1.85. The molecule has 0 bridgehead atoms. The van der Waals surface area contributed by atoms with Crippen LogP contribution in [0.4, 0.5) is 0 Å². The van der Waals surface area contributed by atoms with Crippen molar-refractivity contribution in [3.8, 4) is 11.5 Å². The zero-order valence-electron chi connectivity index (χ0n) is 11.0. The van der Waals surface area contributed by atoms with E-state index in [1.54, 1.807) is 12.3 Å². The van der Waals surface area contributed by atoms with E-state index in [-0.39, 0.29) is 6.04 Å². The van der Waals surface area contributed by atoms with Crippen molar-refractivity contribution in [2.24, 2.45) is 0 Å². The van der Waals surface area contributed by atoms with Crippen molar-refractivity contribution in [1.29, 1.82) is 0 Å². The van der Waals surface area contributed by atoms with E-state index in [9.17, 15) is 0 Å². The summed E-state index contributed by atoms with van der Waals surface area (Å²) in [5.41, 5.74) is 0.916. The van der Waals surface area contributed by atoms with Gasteiger partial charge in [0.15, 0.2) is 5.75 Å². The normalized spacial score (nSPS) is 18.8. The minimum absolute atomic E-state index is 0.166. The van der Waals surface area contributed by atoms with Crippen molar-refractivity contribution in [2.75, 3.05) is 19.6 Å². The molecule has 0 radical (unpaired) electrons. The van der Waals surface area contributed by atoms with Gasteiger partial charge in [-0.3, -0.25) is 4.98 Å². The number of piperazine rings is 1. The molecule has 0 spiro atoms. The van der Waals surface area contributed by atoms with Crippen LogP contribution in [0.25, 0.3) is 0 Å². The molecule has 0 aliphatic carbocycles. The highest BCUT2D eigenvalue weighted by molar-refractivity contribution is 6.30. The second-order valence-electron chi connectivity index (χ2n) is 4.66. The van der Waals surface area contributed by atoms with Crippen molar-refractivity contribution in [2.45, 2.75) is 6.04 Å². The number of hydrogen-bond acceptors (Lipinski definition) is 4. The maximum Gasteiger partial charge on any atom is 0.150 e. The summed E-state index contributed by atoms with van der Waals surface area (Å²) in [5, 5.41) is 7.45. The van der Waals surface area contributed by atoms with Gasteiger partial charge in [-0.05, 0) is 30.3 Å². The molecule has 0 amide bonds. The highest BCUT2D eigenvalue weighted by Gasteiger charge is 2.19. The Bertz CT molecular complexity index is 585. The van der Waals surface area contributed by atoms with Gasteiger partial charge < -0.3 is 15.4 Å². The lowest BCUT2D eigenvalue weighted by Gasteiger charge is -2.25. The Kier molecular flexibility index (Phi) is 4.16. The van der Waals surface area contributed by atoms with Gasteiger partial charge in [0.1, 0.15) is 11.4 Å². The Labute approximate surface area is 123 Å². The lowest BCUT2D eigenvalue weighted by molar-refractivity contribution is 0.400. The number of nitrogens with zero attached hydrogens (tertiary/aromatic N) is 1. The van der Waals surface area contributed by atoms with E-state index in [1.165, 1.54) is 0 Å². The summed E-state index contributed by atoms with van der Waals surface area (Å²) < 4.78 is 5.93. The van der Waals surface area contributed by atoms with Crippen LogP contribution in [0.1, 0.15) is 11.7 Å². The Morgan fingerprint density at radius 1 is 1.20 bits per heavy atom. The number of ether oxygens (including phenoxy) is 1. The second kappa shape index (κ2) is 6.22. The maximum atomic E-state index is 5.98. The number of halogens is 1. The molecule has 1 aromatic carbocycles. The van der Waals surface area contributed by atoms with E-state index in [4.69, 9.17) is 16.3 Å². The fourth-order valence-corrected chi connectivity index (χ4v) is 2.44. The zero-order valence-corrected chi connectivity index (χ0v) is 11.7. The molecule has 1 atom stereocenters. The molecular weight excluding hydrogens is 274 g/mol. The monoisotopic (exact) mass is 289 g/mol. The summed E-state index contributed by atoms with van der Waals surface area (Å²) in [5.74, 6) is 1.48. The lowest BCUT2D eigenvalue weighted by atomic mass is 10.1. The first-order valence-corrected chi connectivity index (χ1v) is 7.03. The van der Waals surface area contributed by atoms with Gasteiger partial charge >= 0.3 is 0 Å². The number of benzene rings is 1. The van der Waals surface area contributed by atoms with E-state index in [0.717, 1.165) is 36.8 Å². The van der Waals surface area contributed by atoms with Crippen LogP contribution in [0, 0.1) is 0 Å². The molecule has 2 heterocycles. The van der Waals surface area contributed by atoms with Gasteiger partial charge in [0.2, 0.25) is 0 Å². The number of pyridine rings is 1. The third-order valence-electron chi connectivity index (χ3n) is 3.19. The average Bonchev–Trinajstić information content (AvgIpc) is 2.49.